The number of nitrogens with zero attached hydrogens (tertiary/aromatic N) is 1. The van der Waals surface area contributed by atoms with E-state index in [0.29, 0.717) is 11.5 Å². The Balaban J connectivity index is 2.08. The van der Waals surface area contributed by atoms with E-state index in [-0.39, 0.29) is 17.9 Å². The number of methoxy groups -OCH3 is 1. The number of phenols is 1. The molecule has 2 N–H and O–H groups in total. The maximum absolute atomic E-state index is 11.8. The van der Waals surface area contributed by atoms with Crippen molar-refractivity contribution in [3.63, 3.8) is 0 Å². The van der Waals surface area contributed by atoms with Gasteiger partial charge in [-0.1, -0.05) is 5.16 Å². The van der Waals surface area contributed by atoms with Crippen molar-refractivity contribution in [1.29, 1.82) is 0 Å². The molecule has 6 nitrogen and oxygen atoms in total. The van der Waals surface area contributed by atoms with Crippen molar-refractivity contribution < 1.29 is 19.2 Å². The number of nitrogens with one attached hydrogen (secondary N) is 1. The molecule has 0 radical (unpaired) electrons. The number of hydrogen-bond acceptors (Lipinski definition) is 5. The number of phenolic OH excluding ortho intramolecular Hbond substituents is 1. The monoisotopic (exact) mass is 248 g/mol. The van der Waals surface area contributed by atoms with Crippen molar-refractivity contribution in [3.05, 3.63) is 41.8 Å². The van der Waals surface area contributed by atoms with E-state index in [0.717, 1.165) is 0 Å². The highest BCUT2D eigenvalue weighted by atomic mass is 16.5. The molecule has 0 fully saturated rings. The van der Waals surface area contributed by atoms with E-state index >= 15 is 0 Å². The van der Waals surface area contributed by atoms with Crippen LogP contribution < -0.4 is 10.1 Å². The lowest BCUT2D eigenvalue weighted by Crippen LogP contribution is -2.22. The molecule has 0 aliphatic heterocycles. The van der Waals surface area contributed by atoms with Gasteiger partial charge in [0.05, 0.1) is 25.4 Å². The van der Waals surface area contributed by atoms with E-state index in [1.165, 1.54) is 25.4 Å². The van der Waals surface area contributed by atoms with E-state index in [2.05, 4.69) is 10.5 Å². The smallest absolute Gasteiger partial charge is 0.255 e. The first kappa shape index (κ1) is 12.0. The summed E-state index contributed by atoms with van der Waals surface area (Å²) in [5, 5.41) is 15.7. The van der Waals surface area contributed by atoms with E-state index in [1.807, 2.05) is 0 Å². The number of carbonyl (C=O) groups excluding carboxylic acids is 1. The van der Waals surface area contributed by atoms with E-state index < -0.39 is 5.91 Å². The number of aromatic hydroxyl groups is 1. The fourth-order valence-corrected chi connectivity index (χ4v) is 1.42. The number of carbonyl (C=O) groups is 1. The maximum Gasteiger partial charge on any atom is 0.255 e. The van der Waals surface area contributed by atoms with Crippen LogP contribution in [0.3, 0.4) is 0 Å². The molecule has 6 heteroatoms. The van der Waals surface area contributed by atoms with Crippen LogP contribution in [0.2, 0.25) is 0 Å². The highest BCUT2D eigenvalue weighted by Crippen LogP contribution is 2.22. The predicted molar refractivity (Wildman–Crippen MR) is 62.3 cm³/mol. The average Bonchev–Trinajstić information content (AvgIpc) is 2.89. The maximum atomic E-state index is 11.8. The zero-order valence-corrected chi connectivity index (χ0v) is 9.71. The van der Waals surface area contributed by atoms with Crippen molar-refractivity contribution >= 4 is 5.91 Å². The van der Waals surface area contributed by atoms with Crippen LogP contribution in [0, 0.1) is 0 Å². The van der Waals surface area contributed by atoms with E-state index in [9.17, 15) is 9.90 Å². The first-order valence-corrected chi connectivity index (χ1v) is 5.25. The summed E-state index contributed by atoms with van der Waals surface area (Å²) in [6.07, 6.45) is 1.49. The summed E-state index contributed by atoms with van der Waals surface area (Å²) in [7, 11) is 1.49. The summed E-state index contributed by atoms with van der Waals surface area (Å²) in [6.45, 7) is 0.204. The molecule has 1 amide bonds. The highest BCUT2D eigenvalue weighted by molar-refractivity contribution is 5.97. The minimum Gasteiger partial charge on any atom is -0.507 e. The molecular weight excluding hydrogens is 236 g/mol. The van der Waals surface area contributed by atoms with Gasteiger partial charge in [0.25, 0.3) is 5.91 Å². The van der Waals surface area contributed by atoms with Gasteiger partial charge in [-0.2, -0.15) is 0 Å². The Morgan fingerprint density at radius 1 is 1.50 bits per heavy atom. The molecule has 1 aromatic heterocycles. The normalized spacial score (nSPS) is 10.1. The van der Waals surface area contributed by atoms with Gasteiger partial charge in [-0.25, -0.2) is 0 Å². The van der Waals surface area contributed by atoms with Gasteiger partial charge in [-0.3, -0.25) is 4.79 Å². The molecule has 0 aliphatic rings. The lowest BCUT2D eigenvalue weighted by molar-refractivity contribution is 0.0944. The van der Waals surface area contributed by atoms with Gasteiger partial charge in [-0.05, 0) is 18.2 Å². The third kappa shape index (κ3) is 2.60. The van der Waals surface area contributed by atoms with Crippen molar-refractivity contribution in [2.45, 2.75) is 6.54 Å². The fraction of sp³-hybridized carbons (Fsp3) is 0.167. The number of aromatic nitrogens is 1. The van der Waals surface area contributed by atoms with Crippen molar-refractivity contribution in [2.24, 2.45) is 0 Å². The molecule has 0 saturated heterocycles. The molecule has 1 aromatic carbocycles. The third-order valence-electron chi connectivity index (χ3n) is 2.36. The minimum absolute atomic E-state index is 0.106. The van der Waals surface area contributed by atoms with Crippen molar-refractivity contribution in [3.8, 4) is 11.5 Å². The van der Waals surface area contributed by atoms with Crippen LogP contribution in [-0.2, 0) is 6.54 Å². The zero-order valence-electron chi connectivity index (χ0n) is 9.71. The Labute approximate surface area is 103 Å². The molecule has 0 unspecified atom stereocenters. The Bertz CT molecular complexity index is 537. The van der Waals surface area contributed by atoms with Gasteiger partial charge in [0.15, 0.2) is 5.76 Å². The Morgan fingerprint density at radius 3 is 3.00 bits per heavy atom. The molecule has 0 aliphatic carbocycles. The van der Waals surface area contributed by atoms with Crippen LogP contribution in [0.1, 0.15) is 16.1 Å². The fourth-order valence-electron chi connectivity index (χ4n) is 1.42. The second-order valence-electron chi connectivity index (χ2n) is 3.54. The lowest BCUT2D eigenvalue weighted by Gasteiger charge is -2.07. The molecule has 1 heterocycles. The molecule has 0 saturated carbocycles. The SMILES string of the molecule is COc1ccc(O)c(C(=O)NCc2ccno2)c1. The largest absolute Gasteiger partial charge is 0.507 e. The molecule has 18 heavy (non-hydrogen) atoms. The van der Waals surface area contributed by atoms with Gasteiger partial charge >= 0.3 is 0 Å². The van der Waals surface area contributed by atoms with Crippen LogP contribution in [0.15, 0.2) is 35.0 Å². The predicted octanol–water partition coefficient (Wildman–Crippen LogP) is 1.32. The average molecular weight is 248 g/mol. The third-order valence-corrected chi connectivity index (χ3v) is 2.36. The van der Waals surface area contributed by atoms with Crippen LogP contribution in [0.4, 0.5) is 0 Å². The highest BCUT2D eigenvalue weighted by Gasteiger charge is 2.12. The zero-order chi connectivity index (χ0) is 13.0. The molecule has 2 aromatic rings. The summed E-state index contributed by atoms with van der Waals surface area (Å²) in [5.41, 5.74) is 0.147. The standard InChI is InChI=1S/C12H12N2O4/c1-17-8-2-3-11(15)10(6-8)12(16)13-7-9-4-5-14-18-9/h2-6,15H,7H2,1H3,(H,13,16). The topological polar surface area (TPSA) is 84.6 Å². The van der Waals surface area contributed by atoms with Gasteiger partial charge < -0.3 is 19.7 Å². The molecular formula is C12H12N2O4. The number of amides is 1. The van der Waals surface area contributed by atoms with Crippen LogP contribution in [0.25, 0.3) is 0 Å². The molecule has 0 atom stereocenters. The van der Waals surface area contributed by atoms with Gasteiger partial charge in [0, 0.05) is 6.07 Å². The van der Waals surface area contributed by atoms with Crippen molar-refractivity contribution in [1.82, 2.24) is 10.5 Å². The second-order valence-corrected chi connectivity index (χ2v) is 3.54. The molecule has 0 bridgehead atoms. The molecule has 0 spiro atoms. The second kappa shape index (κ2) is 5.22. The van der Waals surface area contributed by atoms with Gasteiger partial charge in [-0.15, -0.1) is 0 Å². The van der Waals surface area contributed by atoms with Gasteiger partial charge in [0.1, 0.15) is 11.5 Å². The van der Waals surface area contributed by atoms with Crippen molar-refractivity contribution in [2.75, 3.05) is 7.11 Å². The molecule has 2 rings (SSSR count). The molecule has 94 valence electrons. The Morgan fingerprint density at radius 2 is 2.33 bits per heavy atom. The van der Waals surface area contributed by atoms with E-state index in [4.69, 9.17) is 9.26 Å². The summed E-state index contributed by atoms with van der Waals surface area (Å²) < 4.78 is 9.83. The summed E-state index contributed by atoms with van der Waals surface area (Å²) in [6, 6.07) is 6.08. The van der Waals surface area contributed by atoms with Crippen LogP contribution in [0.5, 0.6) is 11.5 Å². The van der Waals surface area contributed by atoms with Crippen LogP contribution >= 0.6 is 0 Å². The van der Waals surface area contributed by atoms with Gasteiger partial charge in [0.2, 0.25) is 0 Å². The van der Waals surface area contributed by atoms with Crippen LogP contribution in [-0.4, -0.2) is 23.3 Å². The summed E-state index contributed by atoms with van der Waals surface area (Å²) in [5.74, 6) is 0.511. The quantitative estimate of drug-likeness (QED) is 0.852. The first-order valence-electron chi connectivity index (χ1n) is 5.25. The number of benzene rings is 1. The number of rotatable bonds is 4. The van der Waals surface area contributed by atoms with E-state index in [1.54, 1.807) is 12.1 Å². The minimum atomic E-state index is -0.414. The Kier molecular flexibility index (Phi) is 3.47. The summed E-state index contributed by atoms with van der Waals surface area (Å²) >= 11 is 0. The summed E-state index contributed by atoms with van der Waals surface area (Å²) in [4.78, 5) is 11.8. The first-order chi connectivity index (χ1) is 8.70. The Hall–Kier alpha value is -2.50. The lowest BCUT2D eigenvalue weighted by atomic mass is 10.1. The number of ether oxygens (including phenoxy) is 1. The number of hydrogen-bond donors (Lipinski definition) is 2.